The molecule has 1 aromatic rings. The third-order valence-electron chi connectivity index (χ3n) is 2.59. The van der Waals surface area contributed by atoms with Crippen LogP contribution in [0.25, 0.3) is 0 Å². The predicted octanol–water partition coefficient (Wildman–Crippen LogP) is -0.516. The summed E-state index contributed by atoms with van der Waals surface area (Å²) in [6, 6.07) is 0. The average molecular weight is 318 g/mol. The molecule has 0 aromatic carbocycles. The Hall–Kier alpha value is -1.61. The highest BCUT2D eigenvalue weighted by atomic mass is 79.9. The zero-order chi connectivity index (χ0) is 13.1. The molecule has 1 saturated heterocycles. The summed E-state index contributed by atoms with van der Waals surface area (Å²) in [5.41, 5.74) is 5.25. The fourth-order valence-corrected chi connectivity index (χ4v) is 2.15. The number of rotatable bonds is 2. The van der Waals surface area contributed by atoms with Gasteiger partial charge in [0.25, 0.3) is 5.56 Å². The Balaban J connectivity index is 2.23. The number of morpholine rings is 1. The molecule has 0 bridgehead atoms. The molecule has 0 aliphatic carbocycles. The molecule has 9 heteroatoms. The van der Waals surface area contributed by atoms with Gasteiger partial charge in [-0.2, -0.15) is 0 Å². The first-order valence-electron chi connectivity index (χ1n) is 5.20. The maximum Gasteiger partial charge on any atom is 0.267 e. The van der Waals surface area contributed by atoms with Crippen LogP contribution in [0.1, 0.15) is 0 Å². The maximum atomic E-state index is 11.5. The van der Waals surface area contributed by atoms with Crippen LogP contribution in [-0.2, 0) is 4.74 Å². The molecule has 2 rings (SSSR count). The van der Waals surface area contributed by atoms with E-state index in [0.29, 0.717) is 30.0 Å². The highest BCUT2D eigenvalue weighted by Gasteiger charge is 2.26. The van der Waals surface area contributed by atoms with E-state index in [1.807, 2.05) is 4.90 Å². The number of halogens is 1. The summed E-state index contributed by atoms with van der Waals surface area (Å²) in [6.45, 7) is 1.34. The Morgan fingerprint density at radius 3 is 3.28 bits per heavy atom. The lowest BCUT2D eigenvalue weighted by Gasteiger charge is -2.33. The van der Waals surface area contributed by atoms with Crippen LogP contribution in [0.2, 0.25) is 0 Å². The van der Waals surface area contributed by atoms with Gasteiger partial charge >= 0.3 is 0 Å². The molecule has 1 atom stereocenters. The highest BCUT2D eigenvalue weighted by molar-refractivity contribution is 9.10. The van der Waals surface area contributed by atoms with Gasteiger partial charge in [-0.3, -0.25) is 4.79 Å². The Kier molecular flexibility index (Phi) is 3.82. The quantitative estimate of drug-likeness (QED) is 0.292. The molecule has 4 N–H and O–H groups in total. The number of hydrogen-bond acceptors (Lipinski definition) is 6. The van der Waals surface area contributed by atoms with Gasteiger partial charge in [0.1, 0.15) is 10.6 Å². The normalized spacial score (nSPS) is 21.1. The van der Waals surface area contributed by atoms with Crippen LogP contribution in [0.3, 0.4) is 0 Å². The first-order valence-corrected chi connectivity index (χ1v) is 6.00. The van der Waals surface area contributed by atoms with Crippen molar-refractivity contribution in [3.63, 3.8) is 0 Å². The standard InChI is InChI=1S/C9H12BrN5O3/c10-6-8(12-4-13-9(6)16)15-1-2-18-5(3-15)7(11)14-17/h4-5,17H,1-3H2,(H2,11,14)(H,12,13,16). The molecular formula is C9H12BrN5O3. The number of H-pyrrole nitrogens is 1. The summed E-state index contributed by atoms with van der Waals surface area (Å²) < 4.78 is 5.72. The number of nitrogens with zero attached hydrogens (tertiary/aromatic N) is 3. The van der Waals surface area contributed by atoms with Crippen molar-refractivity contribution < 1.29 is 9.94 Å². The Morgan fingerprint density at radius 1 is 1.78 bits per heavy atom. The van der Waals surface area contributed by atoms with Crippen molar-refractivity contribution in [2.75, 3.05) is 24.6 Å². The van der Waals surface area contributed by atoms with Gasteiger partial charge in [-0.1, -0.05) is 5.16 Å². The number of aromatic amines is 1. The number of hydrogen-bond donors (Lipinski definition) is 3. The number of ether oxygens (including phenoxy) is 1. The molecule has 1 fully saturated rings. The number of amidine groups is 1. The van der Waals surface area contributed by atoms with Crippen molar-refractivity contribution in [2.45, 2.75) is 6.10 Å². The molecule has 2 heterocycles. The highest BCUT2D eigenvalue weighted by Crippen LogP contribution is 2.21. The van der Waals surface area contributed by atoms with Gasteiger partial charge in [-0.05, 0) is 15.9 Å². The second-order valence-corrected chi connectivity index (χ2v) is 4.49. The van der Waals surface area contributed by atoms with Crippen LogP contribution < -0.4 is 16.2 Å². The predicted molar refractivity (Wildman–Crippen MR) is 67.9 cm³/mol. The minimum absolute atomic E-state index is 0.000614. The van der Waals surface area contributed by atoms with Crippen LogP contribution in [0.5, 0.6) is 0 Å². The fraction of sp³-hybridized carbons (Fsp3) is 0.444. The first-order chi connectivity index (χ1) is 8.63. The smallest absolute Gasteiger partial charge is 0.267 e. The van der Waals surface area contributed by atoms with E-state index in [4.69, 9.17) is 15.7 Å². The Labute approximate surface area is 111 Å². The largest absolute Gasteiger partial charge is 0.409 e. The molecule has 0 amide bonds. The van der Waals surface area contributed by atoms with E-state index in [2.05, 4.69) is 31.1 Å². The number of oxime groups is 1. The molecule has 0 radical (unpaired) electrons. The molecule has 1 aliphatic heterocycles. The average Bonchev–Trinajstić information content (AvgIpc) is 2.41. The molecular weight excluding hydrogens is 306 g/mol. The lowest BCUT2D eigenvalue weighted by Crippen LogP contribution is -2.49. The van der Waals surface area contributed by atoms with Gasteiger partial charge in [-0.25, -0.2) is 4.98 Å². The van der Waals surface area contributed by atoms with Crippen LogP contribution >= 0.6 is 15.9 Å². The van der Waals surface area contributed by atoms with E-state index in [0.717, 1.165) is 0 Å². The molecule has 1 aliphatic rings. The minimum atomic E-state index is -0.517. The van der Waals surface area contributed by atoms with Crippen molar-refractivity contribution in [1.29, 1.82) is 0 Å². The van der Waals surface area contributed by atoms with Gasteiger partial charge in [-0.15, -0.1) is 0 Å². The Morgan fingerprint density at radius 2 is 2.56 bits per heavy atom. The zero-order valence-electron chi connectivity index (χ0n) is 9.34. The summed E-state index contributed by atoms with van der Waals surface area (Å²) in [6.07, 6.45) is 0.813. The van der Waals surface area contributed by atoms with Gasteiger partial charge in [0.2, 0.25) is 0 Å². The number of aromatic nitrogens is 2. The maximum absolute atomic E-state index is 11.5. The number of nitrogens with two attached hydrogens (primary N) is 1. The first kappa shape index (κ1) is 12.8. The summed E-state index contributed by atoms with van der Waals surface area (Å²) in [7, 11) is 0. The summed E-state index contributed by atoms with van der Waals surface area (Å²) in [5, 5.41) is 11.6. The molecule has 1 unspecified atom stereocenters. The third kappa shape index (κ3) is 2.46. The van der Waals surface area contributed by atoms with E-state index in [9.17, 15) is 4.79 Å². The van der Waals surface area contributed by atoms with Gasteiger partial charge < -0.3 is 25.6 Å². The molecule has 98 valence electrons. The van der Waals surface area contributed by atoms with Crippen LogP contribution in [-0.4, -0.2) is 46.8 Å². The van der Waals surface area contributed by atoms with Crippen molar-refractivity contribution in [2.24, 2.45) is 10.9 Å². The van der Waals surface area contributed by atoms with Gasteiger partial charge in [0.05, 0.1) is 19.5 Å². The van der Waals surface area contributed by atoms with Crippen molar-refractivity contribution in [3.05, 3.63) is 21.2 Å². The number of anilines is 1. The van der Waals surface area contributed by atoms with E-state index < -0.39 is 6.10 Å². The molecule has 18 heavy (non-hydrogen) atoms. The van der Waals surface area contributed by atoms with Crippen molar-refractivity contribution in [3.8, 4) is 0 Å². The lowest BCUT2D eigenvalue weighted by atomic mass is 10.2. The van der Waals surface area contributed by atoms with Crippen molar-refractivity contribution >= 4 is 27.6 Å². The van der Waals surface area contributed by atoms with E-state index in [1.165, 1.54) is 6.33 Å². The minimum Gasteiger partial charge on any atom is -0.409 e. The monoisotopic (exact) mass is 317 g/mol. The van der Waals surface area contributed by atoms with Crippen molar-refractivity contribution in [1.82, 2.24) is 9.97 Å². The SMILES string of the molecule is NC(=NO)C1CN(c2nc[nH]c(=O)c2Br)CCO1. The van der Waals surface area contributed by atoms with Gasteiger partial charge in [0, 0.05) is 6.54 Å². The van der Waals surface area contributed by atoms with E-state index >= 15 is 0 Å². The Bertz CT molecular complexity index is 517. The van der Waals surface area contributed by atoms with Gasteiger partial charge in [0.15, 0.2) is 11.7 Å². The summed E-state index contributed by atoms with van der Waals surface area (Å²) >= 11 is 3.19. The summed E-state index contributed by atoms with van der Waals surface area (Å²) in [4.78, 5) is 19.9. The third-order valence-corrected chi connectivity index (χ3v) is 3.30. The second-order valence-electron chi connectivity index (χ2n) is 3.70. The summed E-state index contributed by atoms with van der Waals surface area (Å²) in [5.74, 6) is 0.512. The van der Waals surface area contributed by atoms with E-state index in [-0.39, 0.29) is 11.4 Å². The molecule has 1 aromatic heterocycles. The zero-order valence-corrected chi connectivity index (χ0v) is 10.9. The molecule has 0 spiro atoms. The van der Waals surface area contributed by atoms with Crippen LogP contribution in [0.4, 0.5) is 5.82 Å². The lowest BCUT2D eigenvalue weighted by molar-refractivity contribution is 0.0803. The topological polar surface area (TPSA) is 117 Å². The van der Waals surface area contributed by atoms with Crippen LogP contribution in [0.15, 0.2) is 20.8 Å². The number of nitrogens with one attached hydrogen (secondary N) is 1. The van der Waals surface area contributed by atoms with Crippen LogP contribution in [0, 0.1) is 0 Å². The molecule has 8 nitrogen and oxygen atoms in total. The fourth-order valence-electron chi connectivity index (χ4n) is 1.68. The molecule has 0 saturated carbocycles. The van der Waals surface area contributed by atoms with E-state index in [1.54, 1.807) is 0 Å². The second kappa shape index (κ2) is 5.36.